The van der Waals surface area contributed by atoms with Crippen LogP contribution in [0.25, 0.3) is 0 Å². The van der Waals surface area contributed by atoms with E-state index in [9.17, 15) is 0 Å². The van der Waals surface area contributed by atoms with Crippen LogP contribution in [-0.4, -0.2) is 37.2 Å². The van der Waals surface area contributed by atoms with Gasteiger partial charge in [-0.05, 0) is 25.0 Å². The molecule has 90 valence electrons. The standard InChI is InChI=1S/C12H20N2O2/c13-5-6-14(10-12-2-1-7-16-12)11-3-8-15-9-4-11/h1-2,7,11H,3-6,8-10,13H2. The highest BCUT2D eigenvalue weighted by Crippen LogP contribution is 2.17. The van der Waals surface area contributed by atoms with Crippen molar-refractivity contribution in [1.29, 1.82) is 0 Å². The Labute approximate surface area is 96.4 Å². The second-order valence-electron chi connectivity index (χ2n) is 4.18. The predicted molar refractivity (Wildman–Crippen MR) is 62.0 cm³/mol. The molecule has 2 N–H and O–H groups in total. The summed E-state index contributed by atoms with van der Waals surface area (Å²) in [5.41, 5.74) is 5.66. The third-order valence-corrected chi connectivity index (χ3v) is 3.06. The Morgan fingerprint density at radius 1 is 1.38 bits per heavy atom. The van der Waals surface area contributed by atoms with Crippen molar-refractivity contribution in [3.8, 4) is 0 Å². The van der Waals surface area contributed by atoms with Gasteiger partial charge in [-0.15, -0.1) is 0 Å². The van der Waals surface area contributed by atoms with Crippen molar-refractivity contribution in [2.45, 2.75) is 25.4 Å². The maximum absolute atomic E-state index is 5.66. The largest absolute Gasteiger partial charge is 0.468 e. The van der Waals surface area contributed by atoms with Crippen LogP contribution < -0.4 is 5.73 Å². The van der Waals surface area contributed by atoms with Gasteiger partial charge in [-0.25, -0.2) is 0 Å². The van der Waals surface area contributed by atoms with Gasteiger partial charge < -0.3 is 14.9 Å². The molecule has 16 heavy (non-hydrogen) atoms. The van der Waals surface area contributed by atoms with Crippen LogP contribution in [0.5, 0.6) is 0 Å². The number of nitrogens with zero attached hydrogens (tertiary/aromatic N) is 1. The molecule has 1 fully saturated rings. The monoisotopic (exact) mass is 224 g/mol. The van der Waals surface area contributed by atoms with Gasteiger partial charge in [0.1, 0.15) is 5.76 Å². The van der Waals surface area contributed by atoms with Crippen molar-refractivity contribution in [3.63, 3.8) is 0 Å². The summed E-state index contributed by atoms with van der Waals surface area (Å²) in [5.74, 6) is 1.01. The van der Waals surface area contributed by atoms with Crippen molar-refractivity contribution in [2.24, 2.45) is 5.73 Å². The van der Waals surface area contributed by atoms with E-state index in [-0.39, 0.29) is 0 Å². The Hall–Kier alpha value is -0.840. The number of ether oxygens (including phenoxy) is 1. The fourth-order valence-electron chi connectivity index (χ4n) is 2.21. The molecule has 0 bridgehead atoms. The molecule has 1 aromatic heterocycles. The zero-order chi connectivity index (χ0) is 11.2. The molecule has 0 radical (unpaired) electrons. The molecule has 0 amide bonds. The lowest BCUT2D eigenvalue weighted by atomic mass is 10.1. The maximum atomic E-state index is 5.66. The lowest BCUT2D eigenvalue weighted by Crippen LogP contribution is -2.41. The van der Waals surface area contributed by atoms with Gasteiger partial charge in [-0.1, -0.05) is 0 Å². The SMILES string of the molecule is NCCN(Cc1ccco1)C1CCOCC1. The van der Waals surface area contributed by atoms with E-state index in [1.807, 2.05) is 12.1 Å². The van der Waals surface area contributed by atoms with Gasteiger partial charge >= 0.3 is 0 Å². The molecule has 4 heteroatoms. The minimum Gasteiger partial charge on any atom is -0.468 e. The zero-order valence-corrected chi connectivity index (χ0v) is 9.60. The molecule has 0 saturated carbocycles. The van der Waals surface area contributed by atoms with Crippen LogP contribution in [-0.2, 0) is 11.3 Å². The summed E-state index contributed by atoms with van der Waals surface area (Å²) in [4.78, 5) is 2.40. The summed E-state index contributed by atoms with van der Waals surface area (Å²) < 4.78 is 10.8. The lowest BCUT2D eigenvalue weighted by molar-refractivity contribution is 0.0298. The van der Waals surface area contributed by atoms with Crippen LogP contribution >= 0.6 is 0 Å². The number of furan rings is 1. The molecule has 0 aromatic carbocycles. The van der Waals surface area contributed by atoms with Crippen LogP contribution in [0.2, 0.25) is 0 Å². The predicted octanol–water partition coefficient (Wildman–Crippen LogP) is 1.22. The Balaban J connectivity index is 1.92. The first-order valence-electron chi connectivity index (χ1n) is 5.94. The summed E-state index contributed by atoms with van der Waals surface area (Å²) in [7, 11) is 0. The number of hydrogen-bond acceptors (Lipinski definition) is 4. The molecule has 2 heterocycles. The molecule has 0 atom stereocenters. The Bertz CT molecular complexity index is 281. The molecule has 1 saturated heterocycles. The summed E-state index contributed by atoms with van der Waals surface area (Å²) in [5, 5.41) is 0. The van der Waals surface area contributed by atoms with Crippen molar-refractivity contribution in [3.05, 3.63) is 24.2 Å². The molecule has 0 unspecified atom stereocenters. The van der Waals surface area contributed by atoms with E-state index < -0.39 is 0 Å². The van der Waals surface area contributed by atoms with E-state index in [4.69, 9.17) is 14.9 Å². The molecule has 1 aliphatic heterocycles. The van der Waals surface area contributed by atoms with Crippen molar-refractivity contribution < 1.29 is 9.15 Å². The summed E-state index contributed by atoms with van der Waals surface area (Å²) in [6.45, 7) is 4.20. The Morgan fingerprint density at radius 3 is 2.81 bits per heavy atom. The number of hydrogen-bond donors (Lipinski definition) is 1. The number of nitrogens with two attached hydrogens (primary N) is 1. The fourth-order valence-corrected chi connectivity index (χ4v) is 2.21. The smallest absolute Gasteiger partial charge is 0.117 e. The highest BCUT2D eigenvalue weighted by atomic mass is 16.5. The van der Waals surface area contributed by atoms with Crippen LogP contribution in [0.4, 0.5) is 0 Å². The molecule has 0 aliphatic carbocycles. The van der Waals surface area contributed by atoms with E-state index in [2.05, 4.69) is 4.90 Å². The highest BCUT2D eigenvalue weighted by Gasteiger charge is 2.21. The van der Waals surface area contributed by atoms with Gasteiger partial charge in [0.15, 0.2) is 0 Å². The molecule has 0 spiro atoms. The first kappa shape index (κ1) is 11.6. The average molecular weight is 224 g/mol. The Kier molecular flexibility index (Phi) is 4.39. The first-order chi connectivity index (χ1) is 7.90. The first-order valence-corrected chi connectivity index (χ1v) is 5.94. The normalized spacial score (nSPS) is 18.1. The van der Waals surface area contributed by atoms with Crippen LogP contribution in [0.15, 0.2) is 22.8 Å². The fraction of sp³-hybridized carbons (Fsp3) is 0.667. The van der Waals surface area contributed by atoms with Gasteiger partial charge in [-0.3, -0.25) is 4.90 Å². The quantitative estimate of drug-likeness (QED) is 0.817. The second-order valence-corrected chi connectivity index (χ2v) is 4.18. The maximum Gasteiger partial charge on any atom is 0.117 e. The lowest BCUT2D eigenvalue weighted by Gasteiger charge is -2.33. The van der Waals surface area contributed by atoms with Crippen molar-refractivity contribution >= 4 is 0 Å². The zero-order valence-electron chi connectivity index (χ0n) is 9.60. The second kappa shape index (κ2) is 6.03. The van der Waals surface area contributed by atoms with Crippen molar-refractivity contribution in [2.75, 3.05) is 26.3 Å². The van der Waals surface area contributed by atoms with Gasteiger partial charge in [0.25, 0.3) is 0 Å². The number of rotatable bonds is 5. The van der Waals surface area contributed by atoms with E-state index in [0.717, 1.165) is 44.9 Å². The summed E-state index contributed by atoms with van der Waals surface area (Å²) in [6, 6.07) is 4.53. The summed E-state index contributed by atoms with van der Waals surface area (Å²) in [6.07, 6.45) is 3.92. The van der Waals surface area contributed by atoms with Gasteiger partial charge in [0.05, 0.1) is 12.8 Å². The molecule has 1 aromatic rings. The minimum absolute atomic E-state index is 0.586. The third-order valence-electron chi connectivity index (χ3n) is 3.06. The average Bonchev–Trinajstić information content (AvgIpc) is 2.83. The molecule has 1 aliphatic rings. The van der Waals surface area contributed by atoms with Gasteiger partial charge in [0.2, 0.25) is 0 Å². The molecule has 2 rings (SSSR count). The molecular formula is C12H20N2O2. The Morgan fingerprint density at radius 2 is 2.19 bits per heavy atom. The van der Waals surface area contributed by atoms with Crippen LogP contribution in [0.3, 0.4) is 0 Å². The molecular weight excluding hydrogens is 204 g/mol. The highest BCUT2D eigenvalue weighted by molar-refractivity contribution is 4.98. The summed E-state index contributed by atoms with van der Waals surface area (Å²) >= 11 is 0. The van der Waals surface area contributed by atoms with Gasteiger partial charge in [-0.2, -0.15) is 0 Å². The van der Waals surface area contributed by atoms with E-state index in [1.54, 1.807) is 6.26 Å². The third kappa shape index (κ3) is 3.07. The van der Waals surface area contributed by atoms with Crippen LogP contribution in [0, 0.1) is 0 Å². The van der Waals surface area contributed by atoms with Gasteiger partial charge in [0, 0.05) is 32.3 Å². The van der Waals surface area contributed by atoms with E-state index >= 15 is 0 Å². The minimum atomic E-state index is 0.586. The van der Waals surface area contributed by atoms with Crippen LogP contribution in [0.1, 0.15) is 18.6 Å². The molecule has 4 nitrogen and oxygen atoms in total. The van der Waals surface area contributed by atoms with Crippen molar-refractivity contribution in [1.82, 2.24) is 4.90 Å². The topological polar surface area (TPSA) is 51.6 Å². The van der Waals surface area contributed by atoms with E-state index in [1.165, 1.54) is 0 Å². The van der Waals surface area contributed by atoms with E-state index in [0.29, 0.717) is 12.6 Å².